The van der Waals surface area contributed by atoms with Crippen LogP contribution in [-0.4, -0.2) is 50.1 Å². The molecule has 166 valence electrons. The number of rotatable bonds is 10. The second-order valence-corrected chi connectivity index (χ2v) is 7.36. The molecule has 1 heterocycles. The Morgan fingerprint density at radius 2 is 1.87 bits per heavy atom. The van der Waals surface area contributed by atoms with Crippen molar-refractivity contribution < 1.29 is 14.3 Å². The van der Waals surface area contributed by atoms with E-state index in [0.29, 0.717) is 24.5 Å². The van der Waals surface area contributed by atoms with E-state index in [1.807, 2.05) is 60.4 Å². The first kappa shape index (κ1) is 22.5. The zero-order valence-corrected chi connectivity index (χ0v) is 18.4. The molecule has 1 amide bonds. The lowest BCUT2D eigenvalue weighted by Crippen LogP contribution is -2.39. The van der Waals surface area contributed by atoms with Gasteiger partial charge in [-0.05, 0) is 49.6 Å². The Hall–Kier alpha value is -3.22. The normalized spacial score (nSPS) is 13.9. The van der Waals surface area contributed by atoms with Gasteiger partial charge in [-0.1, -0.05) is 24.3 Å². The van der Waals surface area contributed by atoms with E-state index in [4.69, 9.17) is 9.47 Å². The summed E-state index contributed by atoms with van der Waals surface area (Å²) >= 11 is 0. The SMILES string of the molecule is CCNC(=NCc1ccc(Oc2ccccc2OC)cc1)NCCCN1CCCC1=O. The lowest BCUT2D eigenvalue weighted by Gasteiger charge is -2.16. The van der Waals surface area contributed by atoms with Gasteiger partial charge in [-0.25, -0.2) is 4.99 Å². The third kappa shape index (κ3) is 6.91. The average molecular weight is 425 g/mol. The van der Waals surface area contributed by atoms with E-state index in [1.165, 1.54) is 0 Å². The lowest BCUT2D eigenvalue weighted by atomic mass is 10.2. The highest BCUT2D eigenvalue weighted by Gasteiger charge is 2.18. The van der Waals surface area contributed by atoms with Gasteiger partial charge in [-0.2, -0.15) is 0 Å². The number of likely N-dealkylation sites (tertiary alicyclic amines) is 1. The van der Waals surface area contributed by atoms with E-state index in [0.717, 1.165) is 56.3 Å². The zero-order valence-electron chi connectivity index (χ0n) is 18.4. The van der Waals surface area contributed by atoms with Gasteiger partial charge in [0.05, 0.1) is 13.7 Å². The Kier molecular flexibility index (Phi) is 8.58. The monoisotopic (exact) mass is 424 g/mol. The molecule has 0 radical (unpaired) electrons. The van der Waals surface area contributed by atoms with Crippen molar-refractivity contribution in [1.29, 1.82) is 0 Å². The number of para-hydroxylation sites is 2. The number of aliphatic imine (C=N–C) groups is 1. The van der Waals surface area contributed by atoms with E-state index in [9.17, 15) is 4.79 Å². The summed E-state index contributed by atoms with van der Waals surface area (Å²) in [6.07, 6.45) is 2.59. The van der Waals surface area contributed by atoms with Crippen molar-refractivity contribution in [2.45, 2.75) is 32.7 Å². The molecule has 2 aromatic carbocycles. The van der Waals surface area contributed by atoms with Crippen molar-refractivity contribution in [3.8, 4) is 17.2 Å². The smallest absolute Gasteiger partial charge is 0.222 e. The van der Waals surface area contributed by atoms with Crippen LogP contribution in [0.1, 0.15) is 31.7 Å². The number of nitrogens with one attached hydrogen (secondary N) is 2. The van der Waals surface area contributed by atoms with Crippen LogP contribution in [0.25, 0.3) is 0 Å². The van der Waals surface area contributed by atoms with Crippen LogP contribution in [0.5, 0.6) is 17.2 Å². The first-order valence-corrected chi connectivity index (χ1v) is 10.9. The number of benzene rings is 2. The van der Waals surface area contributed by atoms with Gasteiger partial charge in [-0.3, -0.25) is 4.79 Å². The fourth-order valence-electron chi connectivity index (χ4n) is 3.42. The molecule has 7 nitrogen and oxygen atoms in total. The summed E-state index contributed by atoms with van der Waals surface area (Å²) in [7, 11) is 1.63. The predicted octanol–water partition coefficient (Wildman–Crippen LogP) is 3.56. The third-order valence-corrected chi connectivity index (χ3v) is 5.05. The highest BCUT2D eigenvalue weighted by Crippen LogP contribution is 2.30. The summed E-state index contributed by atoms with van der Waals surface area (Å²) in [5.41, 5.74) is 1.09. The molecule has 1 fully saturated rings. The number of amides is 1. The Bertz CT molecular complexity index is 867. The van der Waals surface area contributed by atoms with Crippen LogP contribution in [0.3, 0.4) is 0 Å². The maximum absolute atomic E-state index is 11.7. The van der Waals surface area contributed by atoms with Gasteiger partial charge in [0.1, 0.15) is 5.75 Å². The minimum atomic E-state index is 0.277. The molecule has 1 saturated heterocycles. The van der Waals surface area contributed by atoms with E-state index < -0.39 is 0 Å². The van der Waals surface area contributed by atoms with Crippen molar-refractivity contribution in [3.63, 3.8) is 0 Å². The maximum Gasteiger partial charge on any atom is 0.222 e. The maximum atomic E-state index is 11.7. The van der Waals surface area contributed by atoms with Gasteiger partial charge in [0.15, 0.2) is 17.5 Å². The second-order valence-electron chi connectivity index (χ2n) is 7.36. The van der Waals surface area contributed by atoms with E-state index in [-0.39, 0.29) is 5.91 Å². The summed E-state index contributed by atoms with van der Waals surface area (Å²) < 4.78 is 11.2. The fraction of sp³-hybridized carbons (Fsp3) is 0.417. The van der Waals surface area contributed by atoms with Crippen LogP contribution < -0.4 is 20.1 Å². The van der Waals surface area contributed by atoms with Crippen LogP contribution in [0, 0.1) is 0 Å². The van der Waals surface area contributed by atoms with Crippen molar-refractivity contribution in [1.82, 2.24) is 15.5 Å². The number of methoxy groups -OCH3 is 1. The first-order valence-electron chi connectivity index (χ1n) is 10.9. The van der Waals surface area contributed by atoms with Crippen molar-refractivity contribution in [3.05, 3.63) is 54.1 Å². The molecule has 2 N–H and O–H groups in total. The molecule has 0 unspecified atom stereocenters. The van der Waals surface area contributed by atoms with Crippen molar-refractivity contribution in [2.24, 2.45) is 4.99 Å². The van der Waals surface area contributed by atoms with Crippen molar-refractivity contribution >= 4 is 11.9 Å². The largest absolute Gasteiger partial charge is 0.493 e. The Morgan fingerprint density at radius 3 is 2.55 bits per heavy atom. The van der Waals surface area contributed by atoms with Crippen molar-refractivity contribution in [2.75, 3.05) is 33.3 Å². The van der Waals surface area contributed by atoms with E-state index in [1.54, 1.807) is 7.11 Å². The number of hydrogen-bond acceptors (Lipinski definition) is 4. The molecular formula is C24H32N4O3. The lowest BCUT2D eigenvalue weighted by molar-refractivity contribution is -0.127. The second kappa shape index (κ2) is 11.8. The molecule has 0 bridgehead atoms. The number of nitrogens with zero attached hydrogens (tertiary/aromatic N) is 2. The molecule has 7 heteroatoms. The molecule has 0 atom stereocenters. The van der Waals surface area contributed by atoms with Gasteiger partial charge in [0.25, 0.3) is 0 Å². The molecule has 0 saturated carbocycles. The van der Waals surface area contributed by atoms with E-state index in [2.05, 4.69) is 15.6 Å². The zero-order chi connectivity index (χ0) is 21.9. The Balaban J connectivity index is 1.48. The summed E-state index contributed by atoms with van der Waals surface area (Å²) in [5, 5.41) is 6.62. The number of carbonyl (C=O) groups is 1. The predicted molar refractivity (Wildman–Crippen MR) is 123 cm³/mol. The summed E-state index contributed by atoms with van der Waals surface area (Å²) in [5.74, 6) is 3.19. The van der Waals surface area contributed by atoms with Crippen LogP contribution in [0.4, 0.5) is 0 Å². The third-order valence-electron chi connectivity index (χ3n) is 5.05. The number of carbonyl (C=O) groups excluding carboxylic acids is 1. The van der Waals surface area contributed by atoms with E-state index >= 15 is 0 Å². The quantitative estimate of drug-likeness (QED) is 0.347. The van der Waals surface area contributed by atoms with Gasteiger partial charge in [0, 0.05) is 32.6 Å². The molecule has 0 spiro atoms. The molecule has 3 rings (SSSR count). The molecule has 2 aromatic rings. The van der Waals surface area contributed by atoms with Crippen LogP contribution in [0.15, 0.2) is 53.5 Å². The van der Waals surface area contributed by atoms with Gasteiger partial charge >= 0.3 is 0 Å². The highest BCUT2D eigenvalue weighted by molar-refractivity contribution is 5.79. The molecule has 1 aliphatic heterocycles. The minimum Gasteiger partial charge on any atom is -0.493 e. The van der Waals surface area contributed by atoms with Crippen LogP contribution in [-0.2, 0) is 11.3 Å². The van der Waals surface area contributed by atoms with Crippen LogP contribution >= 0.6 is 0 Å². The van der Waals surface area contributed by atoms with Gasteiger partial charge in [-0.15, -0.1) is 0 Å². The Labute approximate surface area is 184 Å². The average Bonchev–Trinajstić information content (AvgIpc) is 3.21. The minimum absolute atomic E-state index is 0.277. The Morgan fingerprint density at radius 1 is 1.10 bits per heavy atom. The number of ether oxygens (including phenoxy) is 2. The standard InChI is InChI=1S/C24H32N4O3/c1-3-25-24(26-15-7-17-28-16-6-10-23(28)29)27-18-19-11-13-20(14-12-19)31-22-9-5-4-8-21(22)30-2/h4-5,8-9,11-14H,3,6-7,10,15-18H2,1-2H3,(H2,25,26,27). The fourth-order valence-corrected chi connectivity index (χ4v) is 3.42. The first-order chi connectivity index (χ1) is 15.2. The molecular weight excluding hydrogens is 392 g/mol. The summed E-state index contributed by atoms with van der Waals surface area (Å²) in [4.78, 5) is 18.3. The van der Waals surface area contributed by atoms with Crippen LogP contribution in [0.2, 0.25) is 0 Å². The summed E-state index contributed by atoms with van der Waals surface area (Å²) in [6.45, 7) is 5.88. The molecule has 1 aliphatic rings. The number of guanidine groups is 1. The van der Waals surface area contributed by atoms with Gasteiger partial charge < -0.3 is 25.0 Å². The molecule has 0 aromatic heterocycles. The molecule has 31 heavy (non-hydrogen) atoms. The highest BCUT2D eigenvalue weighted by atomic mass is 16.5. The topological polar surface area (TPSA) is 75.2 Å². The number of hydrogen-bond donors (Lipinski definition) is 2. The summed E-state index contributed by atoms with van der Waals surface area (Å²) in [6, 6.07) is 15.5. The molecule has 0 aliphatic carbocycles. The van der Waals surface area contributed by atoms with Gasteiger partial charge in [0.2, 0.25) is 5.91 Å².